The predicted molar refractivity (Wildman–Crippen MR) is 42.7 cm³/mol. The molecule has 1 heterocycles. The number of allylic oxidation sites excluding steroid dienone is 1. The van der Waals surface area contributed by atoms with Crippen molar-refractivity contribution in [3.63, 3.8) is 0 Å². The van der Waals surface area contributed by atoms with E-state index in [4.69, 9.17) is 5.11 Å². The zero-order valence-electron chi connectivity index (χ0n) is 5.74. The molecule has 1 N–H and O–H groups in total. The minimum absolute atomic E-state index is 0.0925. The SMILES string of the molecule is C/C=C\c1ncc(CO)s1. The second kappa shape index (κ2) is 3.49. The van der Waals surface area contributed by atoms with Gasteiger partial charge in [-0.25, -0.2) is 4.98 Å². The summed E-state index contributed by atoms with van der Waals surface area (Å²) in [7, 11) is 0. The highest BCUT2D eigenvalue weighted by atomic mass is 32.1. The highest BCUT2D eigenvalue weighted by Crippen LogP contribution is 2.13. The van der Waals surface area contributed by atoms with Gasteiger partial charge in [-0.05, 0) is 13.0 Å². The van der Waals surface area contributed by atoms with Crippen LogP contribution in [0.5, 0.6) is 0 Å². The van der Waals surface area contributed by atoms with E-state index in [0.717, 1.165) is 9.88 Å². The summed E-state index contributed by atoms with van der Waals surface area (Å²) < 4.78 is 0. The van der Waals surface area contributed by atoms with E-state index < -0.39 is 0 Å². The van der Waals surface area contributed by atoms with Crippen LogP contribution in [0.4, 0.5) is 0 Å². The van der Waals surface area contributed by atoms with E-state index in [1.54, 1.807) is 6.20 Å². The molecule has 0 unspecified atom stereocenters. The van der Waals surface area contributed by atoms with E-state index in [1.165, 1.54) is 11.3 Å². The Morgan fingerprint density at radius 2 is 2.60 bits per heavy atom. The highest BCUT2D eigenvalue weighted by Gasteiger charge is 1.94. The van der Waals surface area contributed by atoms with Gasteiger partial charge in [0.2, 0.25) is 0 Å². The number of thiazole rings is 1. The summed E-state index contributed by atoms with van der Waals surface area (Å²) in [6.07, 6.45) is 5.55. The van der Waals surface area contributed by atoms with Gasteiger partial charge in [-0.15, -0.1) is 11.3 Å². The summed E-state index contributed by atoms with van der Waals surface area (Å²) in [5.74, 6) is 0. The van der Waals surface area contributed by atoms with Crippen LogP contribution in [0.15, 0.2) is 12.3 Å². The molecule has 1 aromatic heterocycles. The van der Waals surface area contributed by atoms with Gasteiger partial charge in [0, 0.05) is 6.20 Å². The molecule has 0 saturated heterocycles. The molecule has 1 rings (SSSR count). The Hall–Kier alpha value is -0.670. The van der Waals surface area contributed by atoms with Gasteiger partial charge in [-0.3, -0.25) is 0 Å². The summed E-state index contributed by atoms with van der Waals surface area (Å²) in [5.41, 5.74) is 0. The number of rotatable bonds is 2. The van der Waals surface area contributed by atoms with Gasteiger partial charge >= 0.3 is 0 Å². The molecule has 0 amide bonds. The standard InChI is InChI=1S/C7H9NOS/c1-2-3-7-8-4-6(5-9)10-7/h2-4,9H,5H2,1H3/b3-2-. The second-order valence-corrected chi connectivity index (χ2v) is 2.97. The van der Waals surface area contributed by atoms with Gasteiger partial charge in [0.15, 0.2) is 0 Å². The number of aromatic nitrogens is 1. The third-order valence-corrected chi connectivity index (χ3v) is 1.98. The van der Waals surface area contributed by atoms with Gasteiger partial charge in [0.1, 0.15) is 5.01 Å². The zero-order chi connectivity index (χ0) is 7.40. The topological polar surface area (TPSA) is 33.1 Å². The van der Waals surface area contributed by atoms with Crippen molar-refractivity contribution in [1.82, 2.24) is 4.98 Å². The maximum atomic E-state index is 8.67. The average Bonchev–Trinajstić information content (AvgIpc) is 2.37. The molecule has 0 aliphatic rings. The van der Waals surface area contributed by atoms with Crippen molar-refractivity contribution in [2.24, 2.45) is 0 Å². The van der Waals surface area contributed by atoms with Crippen LogP contribution in [0.1, 0.15) is 16.8 Å². The predicted octanol–water partition coefficient (Wildman–Crippen LogP) is 1.67. The molecular formula is C7H9NOS. The summed E-state index contributed by atoms with van der Waals surface area (Å²) in [6.45, 7) is 2.04. The van der Waals surface area contributed by atoms with E-state index >= 15 is 0 Å². The van der Waals surface area contributed by atoms with Crippen molar-refractivity contribution >= 4 is 17.4 Å². The fourth-order valence-corrected chi connectivity index (χ4v) is 1.36. The molecule has 0 aromatic carbocycles. The van der Waals surface area contributed by atoms with Gasteiger partial charge in [-0.2, -0.15) is 0 Å². The molecule has 1 aromatic rings. The number of nitrogens with zero attached hydrogens (tertiary/aromatic N) is 1. The normalized spacial score (nSPS) is 11.0. The number of aliphatic hydroxyl groups excluding tert-OH is 1. The van der Waals surface area contributed by atoms with Gasteiger partial charge in [0.25, 0.3) is 0 Å². The fourth-order valence-electron chi connectivity index (χ4n) is 0.615. The Morgan fingerprint density at radius 3 is 3.10 bits per heavy atom. The quantitative estimate of drug-likeness (QED) is 0.704. The summed E-state index contributed by atoms with van der Waals surface area (Å²) in [6, 6.07) is 0. The Labute approximate surface area is 63.9 Å². The monoisotopic (exact) mass is 155 g/mol. The van der Waals surface area contributed by atoms with Crippen molar-refractivity contribution in [3.8, 4) is 0 Å². The molecule has 10 heavy (non-hydrogen) atoms. The van der Waals surface area contributed by atoms with Crippen LogP contribution < -0.4 is 0 Å². The molecule has 0 radical (unpaired) electrons. The maximum absolute atomic E-state index is 8.67. The lowest BCUT2D eigenvalue weighted by Gasteiger charge is -1.79. The molecule has 0 aliphatic heterocycles. The molecule has 54 valence electrons. The van der Waals surface area contributed by atoms with Gasteiger partial charge in [-0.1, -0.05) is 6.08 Å². The fraction of sp³-hybridized carbons (Fsp3) is 0.286. The average molecular weight is 155 g/mol. The summed E-state index contributed by atoms with van der Waals surface area (Å²) in [5, 5.41) is 9.62. The number of hydrogen-bond acceptors (Lipinski definition) is 3. The van der Waals surface area contributed by atoms with Crippen LogP contribution in [0.2, 0.25) is 0 Å². The maximum Gasteiger partial charge on any atom is 0.116 e. The minimum Gasteiger partial charge on any atom is -0.391 e. The molecule has 3 heteroatoms. The van der Waals surface area contributed by atoms with Crippen LogP contribution in [0.3, 0.4) is 0 Å². The largest absolute Gasteiger partial charge is 0.391 e. The van der Waals surface area contributed by atoms with Crippen LogP contribution in [0, 0.1) is 0 Å². The van der Waals surface area contributed by atoms with Gasteiger partial charge in [0.05, 0.1) is 11.5 Å². The first-order valence-corrected chi connectivity index (χ1v) is 3.86. The van der Waals surface area contributed by atoms with Crippen molar-refractivity contribution in [1.29, 1.82) is 0 Å². The molecule has 0 aliphatic carbocycles. The molecule has 0 saturated carbocycles. The first-order chi connectivity index (χ1) is 4.86. The van der Waals surface area contributed by atoms with Crippen molar-refractivity contribution in [2.75, 3.05) is 0 Å². The summed E-state index contributed by atoms with van der Waals surface area (Å²) >= 11 is 1.51. The first-order valence-electron chi connectivity index (χ1n) is 3.05. The van der Waals surface area contributed by atoms with Gasteiger partial charge < -0.3 is 5.11 Å². The van der Waals surface area contributed by atoms with E-state index in [9.17, 15) is 0 Å². The highest BCUT2D eigenvalue weighted by molar-refractivity contribution is 7.12. The van der Waals surface area contributed by atoms with Crippen molar-refractivity contribution in [3.05, 3.63) is 22.2 Å². The van der Waals surface area contributed by atoms with E-state index in [1.807, 2.05) is 19.1 Å². The van der Waals surface area contributed by atoms with E-state index in [2.05, 4.69) is 4.98 Å². The Kier molecular flexibility index (Phi) is 2.59. The van der Waals surface area contributed by atoms with Crippen molar-refractivity contribution in [2.45, 2.75) is 13.5 Å². The minimum atomic E-state index is 0.0925. The molecular weight excluding hydrogens is 146 g/mol. The van der Waals surface area contributed by atoms with Crippen LogP contribution in [-0.4, -0.2) is 10.1 Å². The zero-order valence-corrected chi connectivity index (χ0v) is 6.56. The number of aliphatic hydroxyl groups is 1. The Balaban J connectivity index is 2.78. The lowest BCUT2D eigenvalue weighted by Crippen LogP contribution is -1.70. The Morgan fingerprint density at radius 1 is 1.80 bits per heavy atom. The van der Waals surface area contributed by atoms with E-state index in [0.29, 0.717) is 0 Å². The van der Waals surface area contributed by atoms with Crippen LogP contribution in [0.25, 0.3) is 6.08 Å². The lowest BCUT2D eigenvalue weighted by atomic mass is 10.5. The molecule has 0 spiro atoms. The Bertz CT molecular complexity index is 229. The molecule has 0 bridgehead atoms. The smallest absolute Gasteiger partial charge is 0.116 e. The van der Waals surface area contributed by atoms with Crippen LogP contribution in [-0.2, 0) is 6.61 Å². The third-order valence-electron chi connectivity index (χ3n) is 1.04. The summed E-state index contributed by atoms with van der Waals surface area (Å²) in [4.78, 5) is 4.96. The number of hydrogen-bond donors (Lipinski definition) is 1. The first kappa shape index (κ1) is 7.44. The molecule has 2 nitrogen and oxygen atoms in total. The van der Waals surface area contributed by atoms with Crippen LogP contribution >= 0.6 is 11.3 Å². The third kappa shape index (κ3) is 1.65. The molecule has 0 atom stereocenters. The second-order valence-electron chi connectivity index (χ2n) is 1.82. The van der Waals surface area contributed by atoms with Crippen molar-refractivity contribution < 1.29 is 5.11 Å². The lowest BCUT2D eigenvalue weighted by molar-refractivity contribution is 0.285. The molecule has 0 fully saturated rings. The van der Waals surface area contributed by atoms with E-state index in [-0.39, 0.29) is 6.61 Å².